The largest absolute Gasteiger partial charge is 0.392 e. The number of halogens is 1. The maximum Gasteiger partial charge on any atom is 0.243 e. The van der Waals surface area contributed by atoms with Gasteiger partial charge in [0.2, 0.25) is 10.0 Å². The Hall–Kier alpha value is -0.270. The highest BCUT2D eigenvalue weighted by Crippen LogP contribution is 2.25. The summed E-state index contributed by atoms with van der Waals surface area (Å²) >= 11 is 7.68. The summed E-state index contributed by atoms with van der Waals surface area (Å²) in [5, 5.41) is 9.30. The third-order valence-electron chi connectivity index (χ3n) is 2.80. The molecule has 4 nitrogen and oxygen atoms in total. The lowest BCUT2D eigenvalue weighted by Crippen LogP contribution is -2.37. The minimum absolute atomic E-state index is 0.191. The highest BCUT2D eigenvalue weighted by atomic mass is 35.5. The van der Waals surface area contributed by atoms with Crippen molar-refractivity contribution in [3.8, 4) is 0 Å². The maximum atomic E-state index is 12.3. The third kappa shape index (κ3) is 2.83. The number of aliphatic hydroxyl groups excluding tert-OH is 1. The van der Waals surface area contributed by atoms with Gasteiger partial charge < -0.3 is 5.11 Å². The van der Waals surface area contributed by atoms with Crippen molar-refractivity contribution in [2.24, 2.45) is 0 Å². The summed E-state index contributed by atoms with van der Waals surface area (Å²) in [4.78, 5) is 0.191. The smallest absolute Gasteiger partial charge is 0.243 e. The number of nitrogens with zero attached hydrogens (tertiary/aromatic N) is 1. The maximum absolute atomic E-state index is 12.3. The van der Waals surface area contributed by atoms with Gasteiger partial charge in [-0.2, -0.15) is 16.1 Å². The Bertz CT molecular complexity index is 527. The monoisotopic (exact) mass is 307 g/mol. The Kier molecular flexibility index (Phi) is 4.55. The van der Waals surface area contributed by atoms with Crippen LogP contribution in [0.4, 0.5) is 0 Å². The first-order valence-electron chi connectivity index (χ1n) is 5.53. The predicted octanol–water partition coefficient (Wildman–Crippen LogP) is 1.57. The van der Waals surface area contributed by atoms with Crippen LogP contribution in [-0.2, 0) is 16.6 Å². The van der Waals surface area contributed by atoms with Crippen molar-refractivity contribution >= 4 is 33.4 Å². The minimum Gasteiger partial charge on any atom is -0.392 e. The Morgan fingerprint density at radius 1 is 1.33 bits per heavy atom. The lowest BCUT2D eigenvalue weighted by Gasteiger charge is -2.25. The van der Waals surface area contributed by atoms with Gasteiger partial charge in [0, 0.05) is 29.6 Å². The number of hydrogen-bond acceptors (Lipinski definition) is 4. The van der Waals surface area contributed by atoms with Crippen LogP contribution in [0, 0.1) is 0 Å². The molecule has 1 aliphatic rings. The topological polar surface area (TPSA) is 57.6 Å². The molecule has 100 valence electrons. The molecule has 1 aliphatic heterocycles. The van der Waals surface area contributed by atoms with Crippen LogP contribution in [0.25, 0.3) is 0 Å². The van der Waals surface area contributed by atoms with Gasteiger partial charge in [0.1, 0.15) is 0 Å². The summed E-state index contributed by atoms with van der Waals surface area (Å²) in [5.41, 5.74) is 0.532. The molecule has 7 heteroatoms. The van der Waals surface area contributed by atoms with Crippen molar-refractivity contribution in [2.45, 2.75) is 11.5 Å². The lowest BCUT2D eigenvalue weighted by molar-refractivity contribution is 0.282. The zero-order valence-electron chi connectivity index (χ0n) is 9.67. The van der Waals surface area contributed by atoms with Gasteiger partial charge in [0.25, 0.3) is 0 Å². The lowest BCUT2D eigenvalue weighted by atomic mass is 10.2. The van der Waals surface area contributed by atoms with Gasteiger partial charge in [-0.15, -0.1) is 0 Å². The average molecular weight is 308 g/mol. The summed E-state index contributed by atoms with van der Waals surface area (Å²) in [6.07, 6.45) is 0. The van der Waals surface area contributed by atoms with E-state index >= 15 is 0 Å². The van der Waals surface area contributed by atoms with E-state index in [4.69, 9.17) is 16.7 Å². The van der Waals surface area contributed by atoms with E-state index in [1.807, 2.05) is 0 Å². The molecule has 1 saturated heterocycles. The fraction of sp³-hybridized carbons (Fsp3) is 0.455. The molecule has 0 unspecified atom stereocenters. The zero-order valence-corrected chi connectivity index (χ0v) is 12.1. The number of sulfonamides is 1. The van der Waals surface area contributed by atoms with Crippen molar-refractivity contribution < 1.29 is 13.5 Å². The van der Waals surface area contributed by atoms with Gasteiger partial charge >= 0.3 is 0 Å². The number of benzene rings is 1. The van der Waals surface area contributed by atoms with Gasteiger partial charge in [0.15, 0.2) is 0 Å². The van der Waals surface area contributed by atoms with E-state index in [1.54, 1.807) is 17.8 Å². The van der Waals surface area contributed by atoms with E-state index in [0.29, 0.717) is 18.7 Å². The predicted molar refractivity (Wildman–Crippen MR) is 73.5 cm³/mol. The first-order chi connectivity index (χ1) is 8.55. The first kappa shape index (κ1) is 14.1. The molecule has 1 N–H and O–H groups in total. The fourth-order valence-corrected chi connectivity index (χ4v) is 4.66. The van der Waals surface area contributed by atoms with Crippen LogP contribution >= 0.6 is 23.4 Å². The van der Waals surface area contributed by atoms with Crippen LogP contribution in [-0.4, -0.2) is 42.4 Å². The van der Waals surface area contributed by atoms with Crippen LogP contribution < -0.4 is 0 Å². The third-order valence-corrected chi connectivity index (χ3v) is 5.99. The number of hydrogen-bond donors (Lipinski definition) is 1. The Labute approximate surface area is 116 Å². The molecule has 0 aromatic heterocycles. The van der Waals surface area contributed by atoms with Gasteiger partial charge in [0.05, 0.1) is 11.5 Å². The summed E-state index contributed by atoms with van der Waals surface area (Å²) in [6, 6.07) is 4.45. The Morgan fingerprint density at radius 2 is 2.00 bits per heavy atom. The van der Waals surface area contributed by atoms with E-state index in [9.17, 15) is 8.42 Å². The van der Waals surface area contributed by atoms with Crippen LogP contribution in [0.15, 0.2) is 23.1 Å². The SMILES string of the molecule is O=S(=O)(c1ccc(CO)c(Cl)c1)N1CCSCC1. The van der Waals surface area contributed by atoms with Crippen LogP contribution in [0.1, 0.15) is 5.56 Å². The molecule has 1 fully saturated rings. The molecule has 1 aromatic carbocycles. The van der Waals surface area contributed by atoms with E-state index in [-0.39, 0.29) is 16.5 Å². The summed E-state index contributed by atoms with van der Waals surface area (Å²) in [5.74, 6) is 1.64. The summed E-state index contributed by atoms with van der Waals surface area (Å²) in [7, 11) is -3.46. The molecule has 0 saturated carbocycles. The molecule has 0 aliphatic carbocycles. The van der Waals surface area contributed by atoms with Crippen LogP contribution in [0.5, 0.6) is 0 Å². The van der Waals surface area contributed by atoms with Gasteiger partial charge in [-0.3, -0.25) is 0 Å². The van der Waals surface area contributed by atoms with Crippen LogP contribution in [0.3, 0.4) is 0 Å². The molecular weight excluding hydrogens is 294 g/mol. The van der Waals surface area contributed by atoms with Crippen molar-refractivity contribution in [1.29, 1.82) is 0 Å². The zero-order chi connectivity index (χ0) is 13.2. The summed E-state index contributed by atoms with van der Waals surface area (Å²) < 4.78 is 26.1. The second kappa shape index (κ2) is 5.79. The van der Waals surface area contributed by atoms with Crippen molar-refractivity contribution in [3.05, 3.63) is 28.8 Å². The summed E-state index contributed by atoms with van der Waals surface area (Å²) in [6.45, 7) is 0.873. The Balaban J connectivity index is 2.32. The fourth-order valence-electron chi connectivity index (χ4n) is 1.75. The highest BCUT2D eigenvalue weighted by Gasteiger charge is 2.26. The highest BCUT2D eigenvalue weighted by molar-refractivity contribution is 7.99. The van der Waals surface area contributed by atoms with Gasteiger partial charge in [-0.05, 0) is 17.7 Å². The van der Waals surface area contributed by atoms with E-state index in [0.717, 1.165) is 11.5 Å². The molecule has 2 rings (SSSR count). The van der Waals surface area contributed by atoms with Crippen molar-refractivity contribution in [2.75, 3.05) is 24.6 Å². The molecule has 0 bridgehead atoms. The number of aliphatic hydroxyl groups is 1. The molecular formula is C11H14ClNO3S2. The minimum atomic E-state index is -3.46. The van der Waals surface area contributed by atoms with Gasteiger partial charge in [-0.1, -0.05) is 17.7 Å². The van der Waals surface area contributed by atoms with E-state index < -0.39 is 10.0 Å². The van der Waals surface area contributed by atoms with Crippen molar-refractivity contribution in [3.63, 3.8) is 0 Å². The second-order valence-electron chi connectivity index (χ2n) is 3.93. The number of rotatable bonds is 3. The normalized spacial score (nSPS) is 17.9. The number of thioether (sulfide) groups is 1. The molecule has 18 heavy (non-hydrogen) atoms. The van der Waals surface area contributed by atoms with E-state index in [2.05, 4.69) is 0 Å². The Morgan fingerprint density at radius 3 is 2.56 bits per heavy atom. The van der Waals surface area contributed by atoms with Gasteiger partial charge in [-0.25, -0.2) is 8.42 Å². The molecule has 0 radical (unpaired) electrons. The average Bonchev–Trinajstić information content (AvgIpc) is 2.39. The first-order valence-corrected chi connectivity index (χ1v) is 8.50. The second-order valence-corrected chi connectivity index (χ2v) is 7.50. The molecule has 0 spiro atoms. The molecule has 0 amide bonds. The molecule has 0 atom stereocenters. The van der Waals surface area contributed by atoms with Crippen LogP contribution in [0.2, 0.25) is 5.02 Å². The standard InChI is InChI=1S/C11H14ClNO3S2/c12-11-7-10(2-1-9(11)8-14)18(15,16)13-3-5-17-6-4-13/h1-2,7,14H,3-6,8H2. The quantitative estimate of drug-likeness (QED) is 0.921. The molecule has 1 aromatic rings. The molecule has 1 heterocycles. The van der Waals surface area contributed by atoms with E-state index in [1.165, 1.54) is 16.4 Å². The van der Waals surface area contributed by atoms with Crippen molar-refractivity contribution in [1.82, 2.24) is 4.31 Å².